The van der Waals surface area contributed by atoms with Gasteiger partial charge in [0.05, 0.1) is 25.5 Å². The Morgan fingerprint density at radius 3 is 2.38 bits per heavy atom. The third-order valence-electron chi connectivity index (χ3n) is 3.26. The molecule has 16 heavy (non-hydrogen) atoms. The summed E-state index contributed by atoms with van der Waals surface area (Å²) in [5.74, 6) is 0. The third kappa shape index (κ3) is 4.16. The van der Waals surface area contributed by atoms with Gasteiger partial charge in [-0.1, -0.05) is 13.8 Å². The lowest BCUT2D eigenvalue weighted by Crippen LogP contribution is -2.47. The Hall–Kier alpha value is 0.0969. The zero-order chi connectivity index (χ0) is 12.0. The summed E-state index contributed by atoms with van der Waals surface area (Å²) in [6.07, 6.45) is 2.56. The molecule has 0 amide bonds. The first-order chi connectivity index (χ1) is 7.62. The summed E-state index contributed by atoms with van der Waals surface area (Å²) in [5.41, 5.74) is 0.672. The maximum Gasteiger partial charge on any atom is 0.190 e. The van der Waals surface area contributed by atoms with Crippen LogP contribution in [0.15, 0.2) is 0 Å². The van der Waals surface area contributed by atoms with Gasteiger partial charge in [-0.2, -0.15) is 0 Å². The van der Waals surface area contributed by atoms with E-state index in [4.69, 9.17) is 13.9 Å². The predicted octanol–water partition coefficient (Wildman–Crippen LogP) is 1.67. The molecule has 1 unspecified atom stereocenters. The van der Waals surface area contributed by atoms with Crippen LogP contribution in [0, 0.1) is 5.41 Å². The molecule has 0 aliphatic carbocycles. The summed E-state index contributed by atoms with van der Waals surface area (Å²) >= 11 is 0. The molecule has 0 aromatic heterocycles. The molecule has 1 heterocycles. The Morgan fingerprint density at radius 2 is 2.00 bits per heavy atom. The SMILES string of the molecule is CCC(OCC1(CC)COC1)[SiH2]OC(C)C. The number of ether oxygens (including phenoxy) is 2. The van der Waals surface area contributed by atoms with Crippen molar-refractivity contribution in [1.82, 2.24) is 0 Å². The van der Waals surface area contributed by atoms with Crippen molar-refractivity contribution in [3.63, 3.8) is 0 Å². The minimum absolute atomic E-state index is 0.305. The van der Waals surface area contributed by atoms with E-state index in [0.29, 0.717) is 17.2 Å². The molecule has 0 bridgehead atoms. The maximum absolute atomic E-state index is 6.00. The molecule has 0 aromatic rings. The van der Waals surface area contributed by atoms with E-state index in [9.17, 15) is 0 Å². The van der Waals surface area contributed by atoms with E-state index in [-0.39, 0.29) is 0 Å². The minimum Gasteiger partial charge on any atom is -0.419 e. The summed E-state index contributed by atoms with van der Waals surface area (Å²) in [4.78, 5) is 0. The average molecular weight is 246 g/mol. The van der Waals surface area contributed by atoms with Gasteiger partial charge >= 0.3 is 0 Å². The monoisotopic (exact) mass is 246 g/mol. The van der Waals surface area contributed by atoms with Crippen molar-refractivity contribution < 1.29 is 13.9 Å². The van der Waals surface area contributed by atoms with Crippen LogP contribution in [0.4, 0.5) is 0 Å². The molecule has 4 heteroatoms. The molecular formula is C12H26O3Si. The van der Waals surface area contributed by atoms with Crippen LogP contribution in [0.5, 0.6) is 0 Å². The third-order valence-corrected chi connectivity index (χ3v) is 5.31. The quantitative estimate of drug-likeness (QED) is 0.610. The van der Waals surface area contributed by atoms with Gasteiger partial charge in [0.25, 0.3) is 0 Å². The van der Waals surface area contributed by atoms with Crippen molar-refractivity contribution in [2.24, 2.45) is 5.41 Å². The molecule has 1 aliphatic rings. The second kappa shape index (κ2) is 6.74. The lowest BCUT2D eigenvalue weighted by molar-refractivity contribution is -0.154. The zero-order valence-corrected chi connectivity index (χ0v) is 12.5. The summed E-state index contributed by atoms with van der Waals surface area (Å²) in [6.45, 7) is 11.2. The number of hydrogen-bond donors (Lipinski definition) is 0. The van der Waals surface area contributed by atoms with E-state index in [1.54, 1.807) is 0 Å². The fourth-order valence-corrected chi connectivity index (χ4v) is 2.71. The molecule has 3 nitrogen and oxygen atoms in total. The lowest BCUT2D eigenvalue weighted by atomic mass is 9.84. The van der Waals surface area contributed by atoms with Crippen LogP contribution in [-0.4, -0.2) is 41.4 Å². The highest BCUT2D eigenvalue weighted by Crippen LogP contribution is 2.31. The molecule has 0 saturated carbocycles. The maximum atomic E-state index is 6.00. The first kappa shape index (κ1) is 14.2. The van der Waals surface area contributed by atoms with Gasteiger partial charge in [0.15, 0.2) is 9.76 Å². The molecule has 1 saturated heterocycles. The average Bonchev–Trinajstić information content (AvgIpc) is 2.21. The van der Waals surface area contributed by atoms with E-state index in [2.05, 4.69) is 27.7 Å². The van der Waals surface area contributed by atoms with Crippen molar-refractivity contribution in [2.45, 2.75) is 52.4 Å². The second-order valence-electron chi connectivity index (χ2n) is 5.07. The van der Waals surface area contributed by atoms with Gasteiger partial charge < -0.3 is 13.9 Å². The minimum atomic E-state index is -0.545. The number of hydrogen-bond acceptors (Lipinski definition) is 3. The van der Waals surface area contributed by atoms with Crippen LogP contribution in [0.1, 0.15) is 40.5 Å². The Bertz CT molecular complexity index is 187. The van der Waals surface area contributed by atoms with E-state index in [1.807, 2.05) is 0 Å². The fourth-order valence-electron chi connectivity index (χ4n) is 1.66. The first-order valence-electron chi connectivity index (χ1n) is 6.43. The van der Waals surface area contributed by atoms with Crippen LogP contribution in [-0.2, 0) is 13.9 Å². The van der Waals surface area contributed by atoms with Gasteiger partial charge in [-0.05, 0) is 26.7 Å². The van der Waals surface area contributed by atoms with Gasteiger partial charge in [-0.15, -0.1) is 0 Å². The lowest BCUT2D eigenvalue weighted by Gasteiger charge is -2.41. The molecule has 96 valence electrons. The summed E-state index contributed by atoms with van der Waals surface area (Å²) < 4.78 is 17.0. The zero-order valence-electron chi connectivity index (χ0n) is 11.1. The molecule has 1 atom stereocenters. The summed E-state index contributed by atoms with van der Waals surface area (Å²) in [7, 11) is -0.545. The number of rotatable bonds is 8. The molecule has 0 radical (unpaired) electrons. The highest BCUT2D eigenvalue weighted by atomic mass is 28.2. The van der Waals surface area contributed by atoms with Crippen molar-refractivity contribution in [2.75, 3.05) is 19.8 Å². The fraction of sp³-hybridized carbons (Fsp3) is 1.00. The van der Waals surface area contributed by atoms with Gasteiger partial charge in [-0.25, -0.2) is 0 Å². The van der Waals surface area contributed by atoms with Gasteiger partial charge in [0, 0.05) is 11.5 Å². The highest BCUT2D eigenvalue weighted by molar-refractivity contribution is 6.29. The van der Waals surface area contributed by atoms with E-state index in [0.717, 1.165) is 32.7 Å². The molecule has 1 aliphatic heterocycles. The van der Waals surface area contributed by atoms with Gasteiger partial charge in [0.1, 0.15) is 0 Å². The molecule has 1 rings (SSSR count). The summed E-state index contributed by atoms with van der Waals surface area (Å²) in [6, 6.07) is 0. The van der Waals surface area contributed by atoms with Crippen molar-refractivity contribution in [1.29, 1.82) is 0 Å². The Balaban J connectivity index is 2.22. The van der Waals surface area contributed by atoms with Crippen molar-refractivity contribution in [3.05, 3.63) is 0 Å². The molecule has 0 N–H and O–H groups in total. The van der Waals surface area contributed by atoms with E-state index >= 15 is 0 Å². The van der Waals surface area contributed by atoms with Crippen LogP contribution in [0.2, 0.25) is 0 Å². The van der Waals surface area contributed by atoms with Gasteiger partial charge in [-0.3, -0.25) is 0 Å². The Morgan fingerprint density at radius 1 is 1.31 bits per heavy atom. The van der Waals surface area contributed by atoms with Crippen LogP contribution >= 0.6 is 0 Å². The highest BCUT2D eigenvalue weighted by Gasteiger charge is 2.37. The normalized spacial score (nSPS) is 21.6. The van der Waals surface area contributed by atoms with Crippen LogP contribution in [0.25, 0.3) is 0 Å². The topological polar surface area (TPSA) is 27.7 Å². The van der Waals surface area contributed by atoms with Gasteiger partial charge in [0.2, 0.25) is 0 Å². The second-order valence-corrected chi connectivity index (χ2v) is 6.65. The largest absolute Gasteiger partial charge is 0.419 e. The van der Waals surface area contributed by atoms with E-state index < -0.39 is 9.76 Å². The standard InChI is InChI=1S/C12H26O3Si/c1-5-11(16-15-10(3)4)14-9-12(6-2)7-13-8-12/h10-11H,5-9,16H2,1-4H3. The molecule has 0 spiro atoms. The van der Waals surface area contributed by atoms with E-state index in [1.165, 1.54) is 0 Å². The van der Waals surface area contributed by atoms with Crippen molar-refractivity contribution in [3.8, 4) is 0 Å². The Labute approximate surface area is 102 Å². The smallest absolute Gasteiger partial charge is 0.190 e. The summed E-state index contributed by atoms with van der Waals surface area (Å²) in [5, 5.41) is 0. The van der Waals surface area contributed by atoms with Crippen LogP contribution in [0.3, 0.4) is 0 Å². The first-order valence-corrected chi connectivity index (χ1v) is 7.82. The Kier molecular flexibility index (Phi) is 5.96. The molecular weight excluding hydrogens is 220 g/mol. The molecule has 0 aromatic carbocycles. The van der Waals surface area contributed by atoms with Crippen LogP contribution < -0.4 is 0 Å². The van der Waals surface area contributed by atoms with Crippen molar-refractivity contribution >= 4 is 9.76 Å². The molecule has 1 fully saturated rings. The predicted molar refractivity (Wildman–Crippen MR) is 68.3 cm³/mol.